The number of benzene rings is 3. The van der Waals surface area contributed by atoms with Gasteiger partial charge in [-0.05, 0) is 98.7 Å². The summed E-state index contributed by atoms with van der Waals surface area (Å²) >= 11 is 0. The summed E-state index contributed by atoms with van der Waals surface area (Å²) in [6.07, 6.45) is 8.30. The van der Waals surface area contributed by atoms with Crippen molar-refractivity contribution in [3.05, 3.63) is 89.5 Å². The molecule has 4 atom stereocenters. The van der Waals surface area contributed by atoms with Crippen molar-refractivity contribution in [2.75, 3.05) is 11.9 Å². The lowest BCUT2D eigenvalue weighted by Gasteiger charge is -2.47. The minimum atomic E-state index is -0.613. The van der Waals surface area contributed by atoms with Crippen LogP contribution in [0.1, 0.15) is 101 Å². The maximum atomic E-state index is 14.4. The maximum Gasteiger partial charge on any atom is 0.410 e. The van der Waals surface area contributed by atoms with Crippen molar-refractivity contribution in [2.45, 2.75) is 102 Å². The number of anilines is 1. The SMILES string of the molecule is CC(C)(C)OC(=O)C1C[C@H]2CCCC2N(C(=O)OCC2c3ccccc3-c3ccccc32)[C@H]1c1ccc(NC2CCCC2)cc1. The Morgan fingerprint density at radius 1 is 0.822 bits per heavy atom. The predicted molar refractivity (Wildman–Crippen MR) is 177 cm³/mol. The van der Waals surface area contributed by atoms with Crippen molar-refractivity contribution in [2.24, 2.45) is 11.8 Å². The van der Waals surface area contributed by atoms with Gasteiger partial charge in [-0.15, -0.1) is 0 Å². The van der Waals surface area contributed by atoms with Crippen molar-refractivity contribution in [1.82, 2.24) is 4.90 Å². The molecule has 0 aromatic heterocycles. The number of piperidine rings is 1. The van der Waals surface area contributed by atoms with Gasteiger partial charge in [0.15, 0.2) is 0 Å². The van der Waals surface area contributed by atoms with Crippen LogP contribution in [0.4, 0.5) is 10.5 Å². The molecular formula is C39H46N2O4. The lowest BCUT2D eigenvalue weighted by molar-refractivity contribution is -0.166. The van der Waals surface area contributed by atoms with Gasteiger partial charge in [-0.25, -0.2) is 4.79 Å². The van der Waals surface area contributed by atoms with Crippen LogP contribution in [0.3, 0.4) is 0 Å². The van der Waals surface area contributed by atoms with Gasteiger partial charge in [-0.2, -0.15) is 0 Å². The molecule has 1 N–H and O–H groups in total. The predicted octanol–water partition coefficient (Wildman–Crippen LogP) is 8.86. The molecule has 4 aliphatic rings. The summed E-state index contributed by atoms with van der Waals surface area (Å²) in [6, 6.07) is 25.3. The number of amides is 1. The molecule has 7 rings (SSSR count). The summed E-state index contributed by atoms with van der Waals surface area (Å²) in [6.45, 7) is 5.99. The van der Waals surface area contributed by atoms with Gasteiger partial charge in [0, 0.05) is 23.7 Å². The molecule has 3 aromatic rings. The Labute approximate surface area is 267 Å². The van der Waals surface area contributed by atoms with E-state index in [2.05, 4.69) is 78.1 Å². The molecule has 6 heteroatoms. The molecule has 6 nitrogen and oxygen atoms in total. The number of carbonyl (C=O) groups excluding carboxylic acids is 2. The van der Waals surface area contributed by atoms with Crippen LogP contribution < -0.4 is 5.32 Å². The topological polar surface area (TPSA) is 67.9 Å². The number of ether oxygens (including phenoxy) is 2. The minimum absolute atomic E-state index is 0.0217. The Morgan fingerprint density at radius 2 is 1.47 bits per heavy atom. The highest BCUT2D eigenvalue weighted by Gasteiger charge is 2.51. The lowest BCUT2D eigenvalue weighted by Crippen LogP contribution is -2.54. The Hall–Kier alpha value is -3.80. The number of carbonyl (C=O) groups is 2. The highest BCUT2D eigenvalue weighted by molar-refractivity contribution is 5.80. The van der Waals surface area contributed by atoms with Crippen molar-refractivity contribution in [1.29, 1.82) is 0 Å². The Morgan fingerprint density at radius 3 is 2.11 bits per heavy atom. The molecule has 2 unspecified atom stereocenters. The van der Waals surface area contributed by atoms with Gasteiger partial charge in [0.1, 0.15) is 12.2 Å². The van der Waals surface area contributed by atoms with Gasteiger partial charge in [-0.1, -0.05) is 79.9 Å². The van der Waals surface area contributed by atoms with E-state index in [9.17, 15) is 9.59 Å². The van der Waals surface area contributed by atoms with E-state index in [0.717, 1.165) is 36.9 Å². The van der Waals surface area contributed by atoms with E-state index in [0.29, 0.717) is 6.04 Å². The van der Waals surface area contributed by atoms with E-state index in [1.165, 1.54) is 47.9 Å². The molecule has 1 aliphatic heterocycles. The molecule has 45 heavy (non-hydrogen) atoms. The molecule has 1 saturated heterocycles. The first kappa shape index (κ1) is 29.9. The number of nitrogens with zero attached hydrogens (tertiary/aromatic N) is 1. The van der Waals surface area contributed by atoms with Crippen molar-refractivity contribution in [3.8, 4) is 11.1 Å². The first-order chi connectivity index (χ1) is 21.8. The summed E-state index contributed by atoms with van der Waals surface area (Å²) in [7, 11) is 0. The van der Waals surface area contributed by atoms with Gasteiger partial charge in [0.2, 0.25) is 0 Å². The van der Waals surface area contributed by atoms with Crippen LogP contribution in [-0.2, 0) is 14.3 Å². The number of nitrogens with one attached hydrogen (secondary N) is 1. The Bertz CT molecular complexity index is 1490. The molecule has 2 saturated carbocycles. The van der Waals surface area contributed by atoms with Crippen molar-refractivity contribution in [3.63, 3.8) is 0 Å². The number of fused-ring (bicyclic) bond motifs is 4. The second kappa shape index (κ2) is 12.2. The van der Waals surface area contributed by atoms with Gasteiger partial charge >= 0.3 is 12.1 Å². The molecule has 1 heterocycles. The average Bonchev–Trinajstić information content (AvgIpc) is 3.78. The second-order valence-electron chi connectivity index (χ2n) is 14.5. The molecule has 3 aromatic carbocycles. The fourth-order valence-corrected chi connectivity index (χ4v) is 8.51. The van der Waals surface area contributed by atoms with E-state index in [4.69, 9.17) is 9.47 Å². The van der Waals surface area contributed by atoms with Crippen molar-refractivity contribution >= 4 is 17.7 Å². The molecular weight excluding hydrogens is 560 g/mol. The van der Waals surface area contributed by atoms with Crippen molar-refractivity contribution < 1.29 is 19.1 Å². The molecule has 3 aliphatic carbocycles. The molecule has 236 valence electrons. The summed E-state index contributed by atoms with van der Waals surface area (Å²) in [5, 5.41) is 3.68. The number of hydrogen-bond donors (Lipinski definition) is 1. The van der Waals surface area contributed by atoms with E-state index in [1.807, 2.05) is 25.7 Å². The van der Waals surface area contributed by atoms with Gasteiger partial charge in [0.05, 0.1) is 12.0 Å². The quantitative estimate of drug-likeness (QED) is 0.284. The van der Waals surface area contributed by atoms with Crippen LogP contribution >= 0.6 is 0 Å². The highest BCUT2D eigenvalue weighted by atomic mass is 16.6. The molecule has 0 bridgehead atoms. The zero-order valence-electron chi connectivity index (χ0n) is 26.8. The maximum absolute atomic E-state index is 14.4. The van der Waals surface area contributed by atoms with E-state index in [-0.39, 0.29) is 36.5 Å². The Balaban J connectivity index is 1.19. The first-order valence-electron chi connectivity index (χ1n) is 17.0. The monoisotopic (exact) mass is 606 g/mol. The third-order valence-corrected chi connectivity index (χ3v) is 10.4. The van der Waals surface area contributed by atoms with Crippen LogP contribution in [0.2, 0.25) is 0 Å². The number of esters is 1. The van der Waals surface area contributed by atoms with Crippen LogP contribution in [0.5, 0.6) is 0 Å². The summed E-state index contributed by atoms with van der Waals surface area (Å²) < 4.78 is 12.3. The van der Waals surface area contributed by atoms with Crippen LogP contribution in [0, 0.1) is 11.8 Å². The fourth-order valence-electron chi connectivity index (χ4n) is 8.51. The molecule has 0 spiro atoms. The lowest BCUT2D eigenvalue weighted by atomic mass is 9.77. The average molecular weight is 607 g/mol. The zero-order chi connectivity index (χ0) is 31.1. The van der Waals surface area contributed by atoms with Crippen LogP contribution in [0.15, 0.2) is 72.8 Å². The van der Waals surface area contributed by atoms with E-state index < -0.39 is 17.6 Å². The van der Waals surface area contributed by atoms with Gasteiger partial charge < -0.3 is 14.8 Å². The zero-order valence-corrected chi connectivity index (χ0v) is 26.8. The molecule has 0 radical (unpaired) electrons. The summed E-state index contributed by atoms with van der Waals surface area (Å²) in [4.78, 5) is 30.2. The minimum Gasteiger partial charge on any atom is -0.460 e. The standard InChI is InChI=1S/C39H46N2O4/c1-39(2,3)45-37(42)33-23-26-11-10-18-35(26)41(36(33)25-19-21-28(22-20-25)40-27-12-4-5-13-27)38(43)44-24-34-31-16-8-6-14-29(31)30-15-7-9-17-32(30)34/h6-9,14-17,19-22,26-27,33-36,40H,4-5,10-13,18,23-24H2,1-3H3/t26-,33?,35?,36+/m1/s1. The third kappa shape index (κ3) is 5.96. The normalized spacial score (nSPS) is 24.6. The highest BCUT2D eigenvalue weighted by Crippen LogP contribution is 2.50. The number of likely N-dealkylation sites (tertiary alicyclic amines) is 1. The van der Waals surface area contributed by atoms with Gasteiger partial charge in [0.25, 0.3) is 0 Å². The molecule has 3 fully saturated rings. The van der Waals surface area contributed by atoms with Gasteiger partial charge in [-0.3, -0.25) is 9.69 Å². The summed E-state index contributed by atoms with van der Waals surface area (Å²) in [5.74, 6) is -0.464. The first-order valence-corrected chi connectivity index (χ1v) is 17.0. The smallest absolute Gasteiger partial charge is 0.410 e. The fraction of sp³-hybridized carbons (Fsp3) is 0.487. The largest absolute Gasteiger partial charge is 0.460 e. The van der Waals surface area contributed by atoms with Crippen LogP contribution in [0.25, 0.3) is 11.1 Å². The number of rotatable bonds is 6. The van der Waals surface area contributed by atoms with E-state index >= 15 is 0 Å². The summed E-state index contributed by atoms with van der Waals surface area (Å²) in [5.41, 5.74) is 6.23. The Kier molecular flexibility index (Phi) is 8.09. The third-order valence-electron chi connectivity index (χ3n) is 10.4. The van der Waals surface area contributed by atoms with Crippen LogP contribution in [-0.4, -0.2) is 41.3 Å². The number of hydrogen-bond acceptors (Lipinski definition) is 5. The second-order valence-corrected chi connectivity index (χ2v) is 14.5. The van der Waals surface area contributed by atoms with E-state index in [1.54, 1.807) is 0 Å². The molecule has 1 amide bonds.